The van der Waals surface area contributed by atoms with Crippen molar-refractivity contribution in [2.45, 2.75) is 59.0 Å². The number of sulfonamides is 1. The molecule has 2 aromatic carbocycles. The van der Waals surface area contributed by atoms with Gasteiger partial charge in [0.25, 0.3) is 0 Å². The van der Waals surface area contributed by atoms with Gasteiger partial charge in [0.2, 0.25) is 21.8 Å². The first kappa shape index (κ1) is 27.4. The largest absolute Gasteiger partial charge is 0.352 e. The Hall–Kier alpha value is -2.87. The minimum atomic E-state index is -3.73. The van der Waals surface area contributed by atoms with Gasteiger partial charge in [0, 0.05) is 12.6 Å². The Labute approximate surface area is 204 Å². The lowest BCUT2D eigenvalue weighted by atomic mass is 10.1. The minimum Gasteiger partial charge on any atom is -0.352 e. The van der Waals surface area contributed by atoms with E-state index < -0.39 is 22.0 Å². The molecule has 7 nitrogen and oxygen atoms in total. The van der Waals surface area contributed by atoms with Crippen molar-refractivity contribution in [2.24, 2.45) is 0 Å². The topological polar surface area (TPSA) is 86.8 Å². The predicted molar refractivity (Wildman–Crippen MR) is 137 cm³/mol. The summed E-state index contributed by atoms with van der Waals surface area (Å²) < 4.78 is 26.6. The van der Waals surface area contributed by atoms with Gasteiger partial charge in [-0.25, -0.2) is 8.42 Å². The van der Waals surface area contributed by atoms with Gasteiger partial charge < -0.3 is 10.2 Å². The van der Waals surface area contributed by atoms with Crippen LogP contribution in [0.1, 0.15) is 45.2 Å². The average molecular weight is 488 g/mol. The van der Waals surface area contributed by atoms with Gasteiger partial charge in [-0.3, -0.25) is 13.9 Å². The van der Waals surface area contributed by atoms with Gasteiger partial charge in [0.05, 0.1) is 11.9 Å². The highest BCUT2D eigenvalue weighted by Crippen LogP contribution is 2.24. The number of anilines is 1. The zero-order valence-corrected chi connectivity index (χ0v) is 21.6. The molecule has 0 aliphatic carbocycles. The number of hydrogen-bond donors (Lipinski definition) is 1. The number of benzene rings is 2. The highest BCUT2D eigenvalue weighted by molar-refractivity contribution is 7.92. The lowest BCUT2D eigenvalue weighted by molar-refractivity contribution is -0.139. The van der Waals surface area contributed by atoms with Gasteiger partial charge in [0.1, 0.15) is 12.6 Å². The molecule has 0 bridgehead atoms. The summed E-state index contributed by atoms with van der Waals surface area (Å²) in [5, 5.41) is 2.90. The molecule has 0 aromatic heterocycles. The highest BCUT2D eigenvalue weighted by Gasteiger charge is 2.32. The number of amides is 2. The van der Waals surface area contributed by atoms with Crippen LogP contribution in [0.4, 0.5) is 5.69 Å². The fourth-order valence-corrected chi connectivity index (χ4v) is 4.80. The number of para-hydroxylation sites is 1. The molecule has 2 amide bonds. The van der Waals surface area contributed by atoms with Gasteiger partial charge in [-0.2, -0.15) is 0 Å². The molecule has 8 heteroatoms. The third kappa shape index (κ3) is 7.58. The summed E-state index contributed by atoms with van der Waals surface area (Å²) in [7, 11) is -3.73. The fraction of sp³-hybridized carbons (Fsp3) is 0.462. The molecule has 2 rings (SSSR count). The molecule has 1 atom stereocenters. The first-order chi connectivity index (χ1) is 16.1. The average Bonchev–Trinajstić information content (AvgIpc) is 2.79. The van der Waals surface area contributed by atoms with Crippen molar-refractivity contribution in [3.8, 4) is 0 Å². The maximum atomic E-state index is 13.6. The van der Waals surface area contributed by atoms with E-state index in [9.17, 15) is 18.0 Å². The standard InChI is InChI=1S/C26H37N3O4S/c1-6-22-15-11-12-16-24(22)29(34(5,32)33)19-25(30)28(18-17-21-13-9-8-10-14-21)23(7-2)26(31)27-20(3)4/h8-16,20,23H,6-7,17-19H2,1-5H3,(H,27,31)/t23-/m0/s1. The number of hydrogen-bond acceptors (Lipinski definition) is 4. The summed E-state index contributed by atoms with van der Waals surface area (Å²) in [6, 6.07) is 16.1. The highest BCUT2D eigenvalue weighted by atomic mass is 32.2. The van der Waals surface area contributed by atoms with Gasteiger partial charge >= 0.3 is 0 Å². The molecule has 186 valence electrons. The van der Waals surface area contributed by atoms with Crippen molar-refractivity contribution in [2.75, 3.05) is 23.7 Å². The zero-order valence-electron chi connectivity index (χ0n) is 20.8. The first-order valence-corrected chi connectivity index (χ1v) is 13.6. The number of nitrogens with zero attached hydrogens (tertiary/aromatic N) is 2. The molecule has 0 unspecified atom stereocenters. The lowest BCUT2D eigenvalue weighted by Crippen LogP contribution is -2.54. The predicted octanol–water partition coefficient (Wildman–Crippen LogP) is 3.39. The summed E-state index contributed by atoms with van der Waals surface area (Å²) in [6.45, 7) is 7.47. The van der Waals surface area contributed by atoms with Gasteiger partial charge in [-0.1, -0.05) is 62.4 Å². The van der Waals surface area contributed by atoms with Gasteiger partial charge in [-0.05, 0) is 50.3 Å². The van der Waals surface area contributed by atoms with Crippen molar-refractivity contribution in [1.29, 1.82) is 0 Å². The molecule has 0 heterocycles. The number of rotatable bonds is 12. The normalized spacial score (nSPS) is 12.3. The Morgan fingerprint density at radius 1 is 0.971 bits per heavy atom. The maximum Gasteiger partial charge on any atom is 0.244 e. The number of nitrogens with one attached hydrogen (secondary N) is 1. The molecule has 0 radical (unpaired) electrons. The van der Waals surface area contributed by atoms with Crippen LogP contribution in [0, 0.1) is 0 Å². The summed E-state index contributed by atoms with van der Waals surface area (Å²) in [4.78, 5) is 28.1. The van der Waals surface area contributed by atoms with Crippen molar-refractivity contribution in [3.05, 3.63) is 65.7 Å². The second-order valence-electron chi connectivity index (χ2n) is 8.66. The Morgan fingerprint density at radius 3 is 2.15 bits per heavy atom. The molecular formula is C26H37N3O4S. The molecule has 0 aliphatic heterocycles. The van der Waals surface area contributed by atoms with Crippen LogP contribution >= 0.6 is 0 Å². The smallest absolute Gasteiger partial charge is 0.244 e. The first-order valence-electron chi connectivity index (χ1n) is 11.8. The third-order valence-corrected chi connectivity index (χ3v) is 6.75. The van der Waals surface area contributed by atoms with E-state index in [1.165, 1.54) is 4.90 Å². The molecule has 0 saturated heterocycles. The van der Waals surface area contributed by atoms with Crippen molar-refractivity contribution < 1.29 is 18.0 Å². The summed E-state index contributed by atoms with van der Waals surface area (Å²) in [5.74, 6) is -0.642. The van der Waals surface area contributed by atoms with E-state index >= 15 is 0 Å². The van der Waals surface area contributed by atoms with Crippen LogP contribution in [0.5, 0.6) is 0 Å². The molecule has 0 spiro atoms. The Balaban J connectivity index is 2.39. The molecule has 1 N–H and O–H groups in total. The molecule has 0 fully saturated rings. The van der Waals surface area contributed by atoms with Crippen LogP contribution in [-0.4, -0.2) is 56.6 Å². The van der Waals surface area contributed by atoms with Crippen molar-refractivity contribution >= 4 is 27.5 Å². The van der Waals surface area contributed by atoms with E-state index in [4.69, 9.17) is 0 Å². The quantitative estimate of drug-likeness (QED) is 0.497. The Bertz CT molecular complexity index is 1050. The molecule has 0 aliphatic rings. The van der Waals surface area contributed by atoms with Crippen LogP contribution in [-0.2, 0) is 32.5 Å². The number of aryl methyl sites for hydroxylation is 1. The fourth-order valence-electron chi connectivity index (χ4n) is 3.92. The molecule has 0 saturated carbocycles. The zero-order chi connectivity index (χ0) is 25.3. The van der Waals surface area contributed by atoms with E-state index in [2.05, 4.69) is 5.32 Å². The monoisotopic (exact) mass is 487 g/mol. The van der Waals surface area contributed by atoms with Gasteiger partial charge in [0.15, 0.2) is 0 Å². The molecule has 34 heavy (non-hydrogen) atoms. The van der Waals surface area contributed by atoms with E-state index in [1.54, 1.807) is 12.1 Å². The van der Waals surface area contributed by atoms with Crippen molar-refractivity contribution in [1.82, 2.24) is 10.2 Å². The summed E-state index contributed by atoms with van der Waals surface area (Å²) >= 11 is 0. The Morgan fingerprint density at radius 2 is 1.59 bits per heavy atom. The maximum absolute atomic E-state index is 13.6. The summed E-state index contributed by atoms with van der Waals surface area (Å²) in [6.07, 6.45) is 2.71. The molecule has 2 aromatic rings. The second kappa shape index (κ2) is 12.6. The second-order valence-corrected chi connectivity index (χ2v) is 10.6. The van der Waals surface area contributed by atoms with E-state index in [0.717, 1.165) is 21.7 Å². The van der Waals surface area contributed by atoms with Crippen LogP contribution in [0.15, 0.2) is 54.6 Å². The van der Waals surface area contributed by atoms with Crippen LogP contribution < -0.4 is 9.62 Å². The van der Waals surface area contributed by atoms with E-state index in [0.29, 0.717) is 31.5 Å². The van der Waals surface area contributed by atoms with Crippen molar-refractivity contribution in [3.63, 3.8) is 0 Å². The lowest BCUT2D eigenvalue weighted by Gasteiger charge is -2.33. The number of carbonyl (C=O) groups excluding carboxylic acids is 2. The SMILES string of the molecule is CCc1ccccc1N(CC(=O)N(CCc1ccccc1)[C@@H](CC)C(=O)NC(C)C)S(C)(=O)=O. The van der Waals surface area contributed by atoms with E-state index in [-0.39, 0.29) is 18.5 Å². The number of carbonyl (C=O) groups is 2. The molecular weight excluding hydrogens is 450 g/mol. The minimum absolute atomic E-state index is 0.0726. The van der Waals surface area contributed by atoms with Gasteiger partial charge in [-0.15, -0.1) is 0 Å². The van der Waals surface area contributed by atoms with E-state index in [1.807, 2.05) is 70.2 Å². The van der Waals surface area contributed by atoms with Crippen LogP contribution in [0.25, 0.3) is 0 Å². The third-order valence-electron chi connectivity index (χ3n) is 5.62. The van der Waals surface area contributed by atoms with Crippen LogP contribution in [0.3, 0.4) is 0 Å². The summed E-state index contributed by atoms with van der Waals surface area (Å²) in [5.41, 5.74) is 2.36. The Kier molecular flexibility index (Phi) is 10.1. The van der Waals surface area contributed by atoms with Crippen LogP contribution in [0.2, 0.25) is 0 Å².